The topological polar surface area (TPSA) is 21.8 Å². The predicted molar refractivity (Wildman–Crippen MR) is 35.2 cm³/mol. The van der Waals surface area contributed by atoms with E-state index >= 15 is 0 Å². The van der Waals surface area contributed by atoms with E-state index in [2.05, 4.69) is 6.92 Å². The van der Waals surface area contributed by atoms with Gasteiger partial charge in [-0.3, -0.25) is 0 Å². The summed E-state index contributed by atoms with van der Waals surface area (Å²) >= 11 is 0. The van der Waals surface area contributed by atoms with Crippen LogP contribution in [0.3, 0.4) is 0 Å². The molecule has 1 saturated heterocycles. The van der Waals surface area contributed by atoms with Gasteiger partial charge < -0.3 is 9.47 Å². The highest BCUT2D eigenvalue weighted by atomic mass is 16.8. The Bertz CT molecular complexity index is 78.9. The maximum atomic E-state index is 5.36. The highest BCUT2D eigenvalue weighted by Crippen LogP contribution is 2.32. The van der Waals surface area contributed by atoms with E-state index in [0.29, 0.717) is 0 Å². The van der Waals surface area contributed by atoms with Crippen LogP contribution in [0, 0.1) is 0 Å². The predicted octanol–water partition coefficient (Wildman–Crippen LogP) is 1.55. The van der Waals surface area contributed by atoms with Crippen molar-refractivity contribution in [2.24, 2.45) is 0 Å². The van der Waals surface area contributed by atoms with Crippen LogP contribution in [0.25, 0.3) is 0 Å². The molecule has 0 aromatic rings. The first-order valence-corrected chi connectivity index (χ1v) is 3.61. The van der Waals surface area contributed by atoms with E-state index in [-0.39, 0.29) is 5.79 Å². The first kappa shape index (κ1) is 7.03. The molecular formula is C7H14O2. The minimum absolute atomic E-state index is 0.149. The molecule has 1 aliphatic heterocycles. The van der Waals surface area contributed by atoms with Crippen LogP contribution in [-0.4, -0.2) is 19.0 Å². The van der Waals surface area contributed by atoms with Crippen LogP contribution in [-0.2, 0) is 9.47 Å². The summed E-state index contributed by atoms with van der Waals surface area (Å²) in [5.41, 5.74) is 0. The number of hydrogen-bond acceptors (Lipinski definition) is 2. The third-order valence-electron chi connectivity index (χ3n) is 1.50. The molecule has 1 fully saturated rings. The molecule has 0 saturated carbocycles. The molecule has 1 heterocycles. The van der Waals surface area contributed by atoms with Gasteiger partial charge in [-0.25, -0.2) is 0 Å². The second-order valence-electron chi connectivity index (χ2n) is 2.38. The smallest absolute Gasteiger partial charge is 0.192 e. The lowest BCUT2D eigenvalue weighted by atomic mass is 10.2. The van der Waals surface area contributed by atoms with Gasteiger partial charge in [0.15, 0.2) is 5.79 Å². The van der Waals surface area contributed by atoms with Crippen LogP contribution in [0.15, 0.2) is 0 Å². The molecule has 1 rings (SSSR count). The van der Waals surface area contributed by atoms with E-state index in [4.69, 9.17) is 9.47 Å². The average molecular weight is 130 g/mol. The molecule has 9 heavy (non-hydrogen) atoms. The van der Waals surface area contributed by atoms with E-state index in [0.717, 1.165) is 26.1 Å². The minimum atomic E-state index is -0.149. The Hall–Kier alpha value is -0.0800. The monoisotopic (exact) mass is 130 g/mol. The van der Waals surface area contributed by atoms with Crippen molar-refractivity contribution in [2.75, 3.05) is 13.2 Å². The lowest BCUT2D eigenvalue weighted by molar-refractivity contribution is -0.0429. The fourth-order valence-corrected chi connectivity index (χ4v) is 1.02. The molecule has 54 valence electrons. The lowest BCUT2D eigenvalue weighted by Crippen LogP contribution is -2.15. The summed E-state index contributed by atoms with van der Waals surface area (Å²) in [6, 6.07) is 0. The molecule has 1 atom stereocenters. The molecule has 0 N–H and O–H groups in total. The summed E-state index contributed by atoms with van der Waals surface area (Å²) in [6.45, 7) is 5.70. The third-order valence-corrected chi connectivity index (χ3v) is 1.50. The van der Waals surface area contributed by atoms with Gasteiger partial charge in [0.1, 0.15) is 6.61 Å². The maximum Gasteiger partial charge on any atom is 0.192 e. The van der Waals surface area contributed by atoms with Gasteiger partial charge in [0.25, 0.3) is 0 Å². The largest absolute Gasteiger partial charge is 0.348 e. The number of ether oxygens (including phenoxy) is 2. The molecule has 0 aromatic carbocycles. The third kappa shape index (κ3) is 1.66. The second kappa shape index (κ2) is 2.67. The van der Waals surface area contributed by atoms with Crippen LogP contribution in [0.4, 0.5) is 0 Å². The van der Waals surface area contributed by atoms with Gasteiger partial charge in [-0.05, 0) is 6.92 Å². The van der Waals surface area contributed by atoms with Gasteiger partial charge in [-0.15, -0.1) is 0 Å². The van der Waals surface area contributed by atoms with Crippen molar-refractivity contribution in [3.05, 3.63) is 0 Å². The maximum absolute atomic E-state index is 5.36. The van der Waals surface area contributed by atoms with E-state index in [1.54, 1.807) is 0 Å². The van der Waals surface area contributed by atoms with Crippen molar-refractivity contribution in [3.63, 3.8) is 0 Å². The standard InChI is InChI=1S/C7H14O2/c1-3-5-7(6-9-7)8-4-2/h3-6H2,1-2H3. The van der Waals surface area contributed by atoms with Gasteiger partial charge in [-0.1, -0.05) is 13.3 Å². The first-order valence-electron chi connectivity index (χ1n) is 3.61. The highest BCUT2D eigenvalue weighted by Gasteiger charge is 2.44. The average Bonchev–Trinajstić information content (AvgIpc) is 2.51. The van der Waals surface area contributed by atoms with Gasteiger partial charge in [0, 0.05) is 13.0 Å². The van der Waals surface area contributed by atoms with E-state index in [9.17, 15) is 0 Å². The van der Waals surface area contributed by atoms with Crippen molar-refractivity contribution in [2.45, 2.75) is 32.5 Å². The summed E-state index contributed by atoms with van der Waals surface area (Å²) in [7, 11) is 0. The fraction of sp³-hybridized carbons (Fsp3) is 1.00. The van der Waals surface area contributed by atoms with E-state index in [1.807, 2.05) is 6.92 Å². The fourth-order valence-electron chi connectivity index (χ4n) is 1.02. The van der Waals surface area contributed by atoms with Crippen LogP contribution < -0.4 is 0 Å². The van der Waals surface area contributed by atoms with Crippen LogP contribution in [0.5, 0.6) is 0 Å². The van der Waals surface area contributed by atoms with Crippen molar-refractivity contribution >= 4 is 0 Å². The van der Waals surface area contributed by atoms with E-state index in [1.165, 1.54) is 0 Å². The summed E-state index contributed by atoms with van der Waals surface area (Å²) < 4.78 is 10.5. The van der Waals surface area contributed by atoms with Crippen LogP contribution in [0.2, 0.25) is 0 Å². The first-order chi connectivity index (χ1) is 4.33. The molecule has 2 nitrogen and oxygen atoms in total. The van der Waals surface area contributed by atoms with E-state index < -0.39 is 0 Å². The summed E-state index contributed by atoms with van der Waals surface area (Å²) in [6.07, 6.45) is 2.18. The second-order valence-corrected chi connectivity index (χ2v) is 2.38. The Morgan fingerprint density at radius 1 is 1.56 bits per heavy atom. The summed E-state index contributed by atoms with van der Waals surface area (Å²) in [5.74, 6) is -0.149. The zero-order valence-corrected chi connectivity index (χ0v) is 6.14. The Morgan fingerprint density at radius 3 is 2.56 bits per heavy atom. The molecule has 0 aromatic heterocycles. The van der Waals surface area contributed by atoms with Crippen molar-refractivity contribution < 1.29 is 9.47 Å². The minimum Gasteiger partial charge on any atom is -0.348 e. The molecule has 0 amide bonds. The van der Waals surface area contributed by atoms with Gasteiger partial charge in [0.2, 0.25) is 0 Å². The van der Waals surface area contributed by atoms with Gasteiger partial charge in [-0.2, -0.15) is 0 Å². The number of epoxide rings is 1. The van der Waals surface area contributed by atoms with Gasteiger partial charge in [0.05, 0.1) is 0 Å². The molecule has 1 unspecified atom stereocenters. The zero-order valence-electron chi connectivity index (χ0n) is 6.14. The highest BCUT2D eigenvalue weighted by molar-refractivity contribution is 4.80. The van der Waals surface area contributed by atoms with Crippen LogP contribution >= 0.6 is 0 Å². The Labute approximate surface area is 56.2 Å². The lowest BCUT2D eigenvalue weighted by Gasteiger charge is -2.08. The number of hydrogen-bond donors (Lipinski definition) is 0. The molecule has 0 radical (unpaired) electrons. The Balaban J connectivity index is 2.17. The molecule has 0 aliphatic carbocycles. The summed E-state index contributed by atoms with van der Waals surface area (Å²) in [4.78, 5) is 0. The normalized spacial score (nSPS) is 32.7. The quantitative estimate of drug-likeness (QED) is 0.538. The number of rotatable bonds is 4. The molecular weight excluding hydrogens is 116 g/mol. The molecule has 0 bridgehead atoms. The SMILES string of the molecule is CCCC1(OCC)CO1. The van der Waals surface area contributed by atoms with Crippen LogP contribution in [0.1, 0.15) is 26.7 Å². The molecule has 2 heteroatoms. The van der Waals surface area contributed by atoms with Crippen molar-refractivity contribution in [1.82, 2.24) is 0 Å². The van der Waals surface area contributed by atoms with Crippen molar-refractivity contribution in [3.8, 4) is 0 Å². The van der Waals surface area contributed by atoms with Gasteiger partial charge >= 0.3 is 0 Å². The Kier molecular flexibility index (Phi) is 2.09. The molecule has 0 spiro atoms. The van der Waals surface area contributed by atoms with Crippen molar-refractivity contribution in [1.29, 1.82) is 0 Å². The summed E-state index contributed by atoms with van der Waals surface area (Å²) in [5, 5.41) is 0. The zero-order chi connectivity index (χ0) is 6.74. The Morgan fingerprint density at radius 2 is 2.22 bits per heavy atom. The molecule has 1 aliphatic rings.